The molecule has 1 N–H and O–H groups in total. The van der Waals surface area contributed by atoms with Gasteiger partial charge in [0.05, 0.1) is 3.79 Å². The minimum atomic E-state index is 0.845. The lowest BCUT2D eigenvalue weighted by Gasteiger charge is -2.02. The summed E-state index contributed by atoms with van der Waals surface area (Å²) < 4.78 is 6.18. The van der Waals surface area contributed by atoms with Crippen LogP contribution < -0.4 is 5.32 Å². The van der Waals surface area contributed by atoms with Crippen molar-refractivity contribution >= 4 is 27.3 Å². The van der Waals surface area contributed by atoms with Crippen molar-refractivity contribution in [3.05, 3.63) is 20.8 Å². The van der Waals surface area contributed by atoms with Crippen LogP contribution in [0.4, 0.5) is 0 Å². The van der Waals surface area contributed by atoms with Crippen molar-refractivity contribution in [3.63, 3.8) is 0 Å². The first kappa shape index (κ1) is 12.2. The summed E-state index contributed by atoms with van der Waals surface area (Å²) in [6.45, 7) is 2.94. The van der Waals surface area contributed by atoms with Crippen molar-refractivity contribution in [1.29, 1.82) is 0 Å². The molecular weight excluding hydrogens is 262 g/mol. The molecule has 1 heterocycles. The maximum absolute atomic E-state index is 4.97. The van der Waals surface area contributed by atoms with Crippen molar-refractivity contribution in [1.82, 2.24) is 5.32 Å². The Kier molecular flexibility index (Phi) is 6.43. The van der Waals surface area contributed by atoms with E-state index >= 15 is 0 Å². The van der Waals surface area contributed by atoms with Crippen molar-refractivity contribution in [2.75, 3.05) is 26.8 Å². The second-order valence-electron chi connectivity index (χ2n) is 3.05. The van der Waals surface area contributed by atoms with Crippen LogP contribution in [0.5, 0.6) is 0 Å². The lowest BCUT2D eigenvalue weighted by Crippen LogP contribution is -2.19. The van der Waals surface area contributed by atoms with Gasteiger partial charge in [-0.1, -0.05) is 0 Å². The summed E-state index contributed by atoms with van der Waals surface area (Å²) in [6, 6.07) is 4.27. The molecule has 1 aromatic rings. The fourth-order valence-corrected chi connectivity index (χ4v) is 2.65. The zero-order valence-corrected chi connectivity index (χ0v) is 10.8. The number of hydrogen-bond acceptors (Lipinski definition) is 3. The van der Waals surface area contributed by atoms with E-state index < -0.39 is 0 Å². The molecule has 0 amide bonds. The van der Waals surface area contributed by atoms with Gasteiger partial charge >= 0.3 is 0 Å². The Labute approximate surface area is 97.8 Å². The van der Waals surface area contributed by atoms with Gasteiger partial charge in [0.15, 0.2) is 0 Å². The number of hydrogen-bond donors (Lipinski definition) is 1. The average Bonchev–Trinajstić information content (AvgIpc) is 2.58. The fraction of sp³-hybridized carbons (Fsp3) is 0.600. The van der Waals surface area contributed by atoms with Crippen LogP contribution >= 0.6 is 27.3 Å². The Balaban J connectivity index is 1.99. The largest absolute Gasteiger partial charge is 0.385 e. The third-order valence-electron chi connectivity index (χ3n) is 1.88. The first-order valence-electron chi connectivity index (χ1n) is 4.77. The second kappa shape index (κ2) is 7.40. The molecule has 0 aliphatic rings. The average molecular weight is 278 g/mol. The van der Waals surface area contributed by atoms with Gasteiger partial charge in [0.25, 0.3) is 0 Å². The van der Waals surface area contributed by atoms with Gasteiger partial charge in [-0.05, 0) is 54.0 Å². The monoisotopic (exact) mass is 277 g/mol. The van der Waals surface area contributed by atoms with Crippen LogP contribution in [0.2, 0.25) is 0 Å². The van der Waals surface area contributed by atoms with Crippen molar-refractivity contribution < 1.29 is 4.74 Å². The van der Waals surface area contributed by atoms with Crippen LogP contribution in [0.15, 0.2) is 15.9 Å². The first-order valence-corrected chi connectivity index (χ1v) is 6.37. The second-order valence-corrected chi connectivity index (χ2v) is 5.60. The van der Waals surface area contributed by atoms with E-state index in [9.17, 15) is 0 Å². The molecule has 0 spiro atoms. The molecule has 0 unspecified atom stereocenters. The number of rotatable bonds is 7. The molecule has 1 aromatic heterocycles. The Bertz CT molecular complexity index is 252. The molecule has 0 fully saturated rings. The highest BCUT2D eigenvalue weighted by Gasteiger charge is 1.96. The lowest BCUT2D eigenvalue weighted by atomic mass is 10.3. The molecule has 0 saturated heterocycles. The minimum Gasteiger partial charge on any atom is -0.385 e. The molecule has 0 saturated carbocycles. The van der Waals surface area contributed by atoms with Crippen LogP contribution in [0.3, 0.4) is 0 Å². The Morgan fingerprint density at radius 1 is 1.43 bits per heavy atom. The zero-order chi connectivity index (χ0) is 10.2. The van der Waals surface area contributed by atoms with Crippen LogP contribution in [0.25, 0.3) is 0 Å². The third kappa shape index (κ3) is 5.10. The summed E-state index contributed by atoms with van der Waals surface area (Å²) >= 11 is 5.26. The van der Waals surface area contributed by atoms with E-state index in [1.165, 1.54) is 8.66 Å². The maximum atomic E-state index is 4.97. The summed E-state index contributed by atoms with van der Waals surface area (Å²) in [5.74, 6) is 0. The summed E-state index contributed by atoms with van der Waals surface area (Å²) in [7, 11) is 1.74. The van der Waals surface area contributed by atoms with Gasteiger partial charge in [-0.15, -0.1) is 11.3 Å². The quantitative estimate of drug-likeness (QED) is 0.774. The van der Waals surface area contributed by atoms with E-state index in [0.717, 1.165) is 32.5 Å². The van der Waals surface area contributed by atoms with E-state index in [2.05, 4.69) is 33.4 Å². The molecule has 0 radical (unpaired) electrons. The highest BCUT2D eigenvalue weighted by molar-refractivity contribution is 9.11. The number of halogens is 1. The maximum Gasteiger partial charge on any atom is 0.0701 e. The third-order valence-corrected chi connectivity index (χ3v) is 3.56. The standard InChI is InChI=1S/C10H16BrNOS/c1-13-8-2-6-12-7-5-9-3-4-10(11)14-9/h3-4,12H,2,5-8H2,1H3. The van der Waals surface area contributed by atoms with Gasteiger partial charge < -0.3 is 10.1 Å². The predicted octanol–water partition coefficient (Wildman–Crippen LogP) is 2.68. The molecule has 4 heteroatoms. The molecule has 0 aliphatic heterocycles. The molecule has 80 valence electrons. The van der Waals surface area contributed by atoms with E-state index in [1.54, 1.807) is 7.11 Å². The molecule has 0 atom stereocenters. The molecule has 0 bridgehead atoms. The van der Waals surface area contributed by atoms with E-state index in [1.807, 2.05) is 11.3 Å². The SMILES string of the molecule is COCCCNCCc1ccc(Br)s1. The summed E-state index contributed by atoms with van der Waals surface area (Å²) in [4.78, 5) is 1.43. The van der Waals surface area contributed by atoms with Gasteiger partial charge in [0, 0.05) is 18.6 Å². The normalized spacial score (nSPS) is 10.7. The van der Waals surface area contributed by atoms with Gasteiger partial charge in [0.1, 0.15) is 0 Å². The molecule has 1 rings (SSSR count). The van der Waals surface area contributed by atoms with Crippen LogP contribution in [-0.4, -0.2) is 26.8 Å². The van der Waals surface area contributed by atoms with Gasteiger partial charge in [-0.25, -0.2) is 0 Å². The van der Waals surface area contributed by atoms with Gasteiger partial charge in [0.2, 0.25) is 0 Å². The fourth-order valence-electron chi connectivity index (χ4n) is 1.16. The first-order chi connectivity index (χ1) is 6.83. The number of ether oxygens (including phenoxy) is 1. The van der Waals surface area contributed by atoms with E-state index in [4.69, 9.17) is 4.74 Å². The molecule has 14 heavy (non-hydrogen) atoms. The van der Waals surface area contributed by atoms with Crippen LogP contribution in [0.1, 0.15) is 11.3 Å². The minimum absolute atomic E-state index is 0.845. The van der Waals surface area contributed by atoms with Crippen molar-refractivity contribution in [3.8, 4) is 0 Å². The van der Waals surface area contributed by atoms with Crippen molar-refractivity contribution in [2.45, 2.75) is 12.8 Å². The smallest absolute Gasteiger partial charge is 0.0701 e. The number of thiophene rings is 1. The highest BCUT2D eigenvalue weighted by atomic mass is 79.9. The van der Waals surface area contributed by atoms with E-state index in [-0.39, 0.29) is 0 Å². The Hall–Kier alpha value is 0.1000. The molecule has 0 aliphatic carbocycles. The van der Waals surface area contributed by atoms with E-state index in [0.29, 0.717) is 0 Å². The zero-order valence-electron chi connectivity index (χ0n) is 8.38. The van der Waals surface area contributed by atoms with Gasteiger partial charge in [-0.2, -0.15) is 0 Å². The highest BCUT2D eigenvalue weighted by Crippen LogP contribution is 2.21. The Morgan fingerprint density at radius 2 is 2.29 bits per heavy atom. The lowest BCUT2D eigenvalue weighted by molar-refractivity contribution is 0.194. The summed E-state index contributed by atoms with van der Waals surface area (Å²) in [5.41, 5.74) is 0. The Morgan fingerprint density at radius 3 is 2.93 bits per heavy atom. The summed E-state index contributed by atoms with van der Waals surface area (Å²) in [6.07, 6.45) is 2.20. The van der Waals surface area contributed by atoms with Crippen LogP contribution in [0, 0.1) is 0 Å². The number of nitrogens with one attached hydrogen (secondary N) is 1. The topological polar surface area (TPSA) is 21.3 Å². The van der Waals surface area contributed by atoms with Crippen molar-refractivity contribution in [2.24, 2.45) is 0 Å². The molecule has 2 nitrogen and oxygen atoms in total. The predicted molar refractivity (Wildman–Crippen MR) is 65.1 cm³/mol. The number of methoxy groups -OCH3 is 1. The van der Waals surface area contributed by atoms with Crippen LogP contribution in [-0.2, 0) is 11.2 Å². The summed E-state index contributed by atoms with van der Waals surface area (Å²) in [5, 5.41) is 3.39. The molecule has 0 aromatic carbocycles. The van der Waals surface area contributed by atoms with Gasteiger partial charge in [-0.3, -0.25) is 0 Å². The molecular formula is C10H16BrNOS.